The molecular weight excluding hydrogens is 444 g/mol. The zero-order valence-electron chi connectivity index (χ0n) is 20.4. The molecule has 0 fully saturated rings. The van der Waals surface area contributed by atoms with E-state index in [1.54, 1.807) is 6.92 Å². The summed E-state index contributed by atoms with van der Waals surface area (Å²) in [6.07, 6.45) is 1.27. The molecule has 0 saturated carbocycles. The van der Waals surface area contributed by atoms with Gasteiger partial charge in [-0.15, -0.1) is 0 Å². The zero-order valence-corrected chi connectivity index (χ0v) is 20.4. The monoisotopic (exact) mass is 474 g/mol. The minimum absolute atomic E-state index is 0.150. The Labute approximate surface area is 213 Å². The lowest BCUT2D eigenvalue weighted by Gasteiger charge is -2.43. The van der Waals surface area contributed by atoms with Gasteiger partial charge in [-0.3, -0.25) is 9.59 Å². The summed E-state index contributed by atoms with van der Waals surface area (Å²) >= 11 is 0. The van der Waals surface area contributed by atoms with Crippen LogP contribution in [0.4, 0.5) is 0 Å². The first-order valence-electron chi connectivity index (χ1n) is 12.2. The summed E-state index contributed by atoms with van der Waals surface area (Å²) in [5.74, 6) is -2.20. The molecule has 4 aromatic carbocycles. The highest BCUT2D eigenvalue weighted by Crippen LogP contribution is 2.54. The van der Waals surface area contributed by atoms with Crippen LogP contribution < -0.4 is 0 Å². The van der Waals surface area contributed by atoms with Gasteiger partial charge >= 0.3 is 5.97 Å². The molecule has 0 spiro atoms. The van der Waals surface area contributed by atoms with Crippen LogP contribution in [0.5, 0.6) is 0 Å². The minimum atomic E-state index is -1.65. The van der Waals surface area contributed by atoms with E-state index in [9.17, 15) is 9.59 Å². The molecule has 0 amide bonds. The molecule has 0 unspecified atom stereocenters. The molecule has 4 rings (SSSR count). The van der Waals surface area contributed by atoms with Crippen LogP contribution in [-0.4, -0.2) is 18.4 Å². The van der Waals surface area contributed by atoms with E-state index in [0.29, 0.717) is 0 Å². The number of ketones is 1. The van der Waals surface area contributed by atoms with Gasteiger partial charge in [-0.1, -0.05) is 128 Å². The highest BCUT2D eigenvalue weighted by Gasteiger charge is 2.59. The van der Waals surface area contributed by atoms with E-state index in [0.717, 1.165) is 22.3 Å². The molecule has 36 heavy (non-hydrogen) atoms. The van der Waals surface area contributed by atoms with Crippen LogP contribution in [0.1, 0.15) is 41.0 Å². The summed E-state index contributed by atoms with van der Waals surface area (Å²) in [6.45, 7) is 5.77. The van der Waals surface area contributed by atoms with Crippen LogP contribution in [-0.2, 0) is 14.3 Å². The molecule has 0 radical (unpaired) electrons. The van der Waals surface area contributed by atoms with Crippen LogP contribution in [0.3, 0.4) is 0 Å². The molecule has 3 heteroatoms. The summed E-state index contributed by atoms with van der Waals surface area (Å²) in [7, 11) is 0. The Hall–Kier alpha value is -4.24. The maximum atomic E-state index is 14.4. The van der Waals surface area contributed by atoms with E-state index >= 15 is 0 Å². The molecule has 0 aliphatic rings. The van der Waals surface area contributed by atoms with Crippen molar-refractivity contribution in [2.24, 2.45) is 5.41 Å². The Balaban J connectivity index is 2.17. The van der Waals surface area contributed by atoms with Gasteiger partial charge in [0.1, 0.15) is 0 Å². The molecule has 0 aromatic heterocycles. The van der Waals surface area contributed by atoms with Gasteiger partial charge in [-0.05, 0) is 35.3 Å². The zero-order chi connectivity index (χ0) is 25.4. The van der Waals surface area contributed by atoms with Crippen molar-refractivity contribution in [1.82, 2.24) is 0 Å². The van der Waals surface area contributed by atoms with Gasteiger partial charge in [-0.25, -0.2) is 0 Å². The van der Waals surface area contributed by atoms with Crippen molar-refractivity contribution < 1.29 is 14.3 Å². The van der Waals surface area contributed by atoms with Crippen molar-refractivity contribution in [3.05, 3.63) is 156 Å². The first kappa shape index (κ1) is 24.9. The van der Waals surface area contributed by atoms with Gasteiger partial charge in [0, 0.05) is 11.8 Å². The van der Waals surface area contributed by atoms with Crippen LogP contribution >= 0.6 is 0 Å². The third-order valence-corrected chi connectivity index (χ3v) is 6.65. The van der Waals surface area contributed by atoms with E-state index in [1.807, 2.05) is 121 Å². The molecule has 4 aromatic rings. The second kappa shape index (κ2) is 11.5. The molecule has 3 nitrogen and oxygen atoms in total. The fourth-order valence-electron chi connectivity index (χ4n) is 5.23. The summed E-state index contributed by atoms with van der Waals surface area (Å²) < 4.78 is 5.77. The van der Waals surface area contributed by atoms with Crippen molar-refractivity contribution in [1.29, 1.82) is 0 Å². The first-order valence-corrected chi connectivity index (χ1v) is 12.2. The third kappa shape index (κ3) is 4.65. The number of rotatable bonds is 10. The highest BCUT2D eigenvalue weighted by molar-refractivity contribution is 6.12. The third-order valence-electron chi connectivity index (χ3n) is 6.65. The molecule has 0 N–H and O–H groups in total. The van der Waals surface area contributed by atoms with Gasteiger partial charge in [0.05, 0.1) is 6.61 Å². The molecule has 0 aliphatic heterocycles. The topological polar surface area (TPSA) is 43.4 Å². The van der Waals surface area contributed by atoms with Gasteiger partial charge in [0.25, 0.3) is 0 Å². The standard InChI is InChI=1S/C33H30O3/c1-3-29(34)33(32(35)36-4-2,30(25-17-9-5-10-18-25)26-19-11-6-12-20-26)31(27-21-13-7-14-22-27)28-23-15-8-16-24-28/h3,5-24,30-31H,1,4H2,2H3. The van der Waals surface area contributed by atoms with Crippen molar-refractivity contribution >= 4 is 11.8 Å². The fourth-order valence-corrected chi connectivity index (χ4v) is 5.23. The Morgan fingerprint density at radius 2 is 0.972 bits per heavy atom. The largest absolute Gasteiger partial charge is 0.465 e. The highest BCUT2D eigenvalue weighted by atomic mass is 16.5. The number of ether oxygens (including phenoxy) is 1. The lowest BCUT2D eigenvalue weighted by Crippen LogP contribution is -2.50. The summed E-state index contributed by atoms with van der Waals surface area (Å²) in [5.41, 5.74) is 1.75. The molecule has 0 saturated heterocycles. The van der Waals surface area contributed by atoms with E-state index in [4.69, 9.17) is 4.74 Å². The van der Waals surface area contributed by atoms with Crippen LogP contribution in [0.15, 0.2) is 134 Å². The van der Waals surface area contributed by atoms with E-state index in [1.165, 1.54) is 6.08 Å². The summed E-state index contributed by atoms with van der Waals surface area (Å²) in [5, 5.41) is 0. The van der Waals surface area contributed by atoms with Gasteiger partial charge < -0.3 is 4.74 Å². The normalized spacial score (nSPS) is 11.3. The number of benzene rings is 4. The average Bonchev–Trinajstić information content (AvgIpc) is 2.94. The second-order valence-corrected chi connectivity index (χ2v) is 8.67. The number of allylic oxidation sites excluding steroid dienone is 1. The molecule has 0 heterocycles. The molecule has 0 bridgehead atoms. The van der Waals surface area contributed by atoms with E-state index in [2.05, 4.69) is 6.58 Å². The summed E-state index contributed by atoms with van der Waals surface area (Å²) in [6, 6.07) is 38.9. The molecule has 180 valence electrons. The van der Waals surface area contributed by atoms with Gasteiger partial charge in [0.2, 0.25) is 0 Å². The first-order chi connectivity index (χ1) is 17.6. The Kier molecular flexibility index (Phi) is 7.92. The van der Waals surface area contributed by atoms with Crippen LogP contribution in [0.2, 0.25) is 0 Å². The minimum Gasteiger partial charge on any atom is -0.465 e. The molecular formula is C33H30O3. The van der Waals surface area contributed by atoms with Crippen molar-refractivity contribution in [3.63, 3.8) is 0 Å². The molecule has 0 aliphatic carbocycles. The smallest absolute Gasteiger partial charge is 0.321 e. The molecule has 0 atom stereocenters. The van der Waals surface area contributed by atoms with Crippen molar-refractivity contribution in [2.45, 2.75) is 18.8 Å². The van der Waals surface area contributed by atoms with Crippen molar-refractivity contribution in [2.75, 3.05) is 6.61 Å². The van der Waals surface area contributed by atoms with Gasteiger partial charge in [-0.2, -0.15) is 0 Å². The maximum Gasteiger partial charge on any atom is 0.321 e. The Morgan fingerprint density at radius 3 is 1.22 bits per heavy atom. The summed E-state index contributed by atoms with van der Waals surface area (Å²) in [4.78, 5) is 28.7. The number of hydrogen-bond donors (Lipinski definition) is 0. The van der Waals surface area contributed by atoms with E-state index < -0.39 is 23.2 Å². The van der Waals surface area contributed by atoms with Crippen molar-refractivity contribution in [3.8, 4) is 0 Å². The Bertz CT molecular complexity index is 1120. The lowest BCUT2D eigenvalue weighted by molar-refractivity contribution is -0.161. The number of carbonyl (C=O) groups excluding carboxylic acids is 2. The quantitative estimate of drug-likeness (QED) is 0.142. The fraction of sp³-hybridized carbons (Fsp3) is 0.152. The number of hydrogen-bond acceptors (Lipinski definition) is 3. The van der Waals surface area contributed by atoms with Gasteiger partial charge in [0.15, 0.2) is 11.2 Å². The lowest BCUT2D eigenvalue weighted by atomic mass is 9.56. The Morgan fingerprint density at radius 1 is 0.667 bits per heavy atom. The number of esters is 1. The predicted octanol–water partition coefficient (Wildman–Crippen LogP) is 6.96. The van der Waals surface area contributed by atoms with Crippen LogP contribution in [0, 0.1) is 5.41 Å². The second-order valence-electron chi connectivity index (χ2n) is 8.67. The SMILES string of the molecule is C=CC(=O)C(C(=O)OCC)(C(c1ccccc1)c1ccccc1)C(c1ccccc1)c1ccccc1. The predicted molar refractivity (Wildman–Crippen MR) is 144 cm³/mol. The van der Waals surface area contributed by atoms with E-state index in [-0.39, 0.29) is 12.4 Å². The van der Waals surface area contributed by atoms with Crippen LogP contribution in [0.25, 0.3) is 0 Å². The number of carbonyl (C=O) groups is 2. The average molecular weight is 475 g/mol. The maximum absolute atomic E-state index is 14.4.